The van der Waals surface area contributed by atoms with Crippen LogP contribution in [-0.2, 0) is 14.4 Å². The molecule has 0 N–H and O–H groups in total. The molecule has 1 atom stereocenters. The topological polar surface area (TPSA) is 38.8 Å². The summed E-state index contributed by atoms with van der Waals surface area (Å²) in [5.74, 6) is -2.19. The average Bonchev–Trinajstić information content (AvgIpc) is 2.02. The first-order chi connectivity index (χ1) is 6.39. The van der Waals surface area contributed by atoms with Gasteiger partial charge < -0.3 is 9.57 Å². The molecule has 4 nitrogen and oxygen atoms in total. The van der Waals surface area contributed by atoms with E-state index in [-0.39, 0.29) is 25.8 Å². The average molecular weight is 213 g/mol. The Morgan fingerprint density at radius 1 is 1.57 bits per heavy atom. The predicted octanol–water partition coefficient (Wildman–Crippen LogP) is 0.728. The Hall–Kier alpha value is -0.820. The number of carbonyl (C=O) groups excluding carboxylic acids is 1. The van der Waals surface area contributed by atoms with Gasteiger partial charge in [-0.15, -0.1) is 5.06 Å². The van der Waals surface area contributed by atoms with Crippen LogP contribution in [0.15, 0.2) is 0 Å². The zero-order chi connectivity index (χ0) is 10.8. The number of hydrogen-bond donors (Lipinski definition) is 0. The van der Waals surface area contributed by atoms with Gasteiger partial charge in [0.15, 0.2) is 0 Å². The molecule has 0 spiro atoms. The second-order valence-electron chi connectivity index (χ2n) is 2.95. The normalized spacial score (nSPS) is 24.7. The highest BCUT2D eigenvalue weighted by Crippen LogP contribution is 2.18. The van der Waals surface area contributed by atoms with Crippen molar-refractivity contribution in [3.05, 3.63) is 0 Å². The first-order valence-corrected chi connectivity index (χ1v) is 4.05. The van der Waals surface area contributed by atoms with Gasteiger partial charge >= 0.3 is 12.1 Å². The van der Waals surface area contributed by atoms with E-state index in [9.17, 15) is 18.0 Å². The molecule has 7 heteroatoms. The van der Waals surface area contributed by atoms with Crippen LogP contribution in [0.25, 0.3) is 0 Å². The number of rotatable bonds is 1. The van der Waals surface area contributed by atoms with E-state index < -0.39 is 12.1 Å². The molecule has 1 unspecified atom stereocenters. The van der Waals surface area contributed by atoms with Crippen LogP contribution in [0.4, 0.5) is 13.2 Å². The summed E-state index contributed by atoms with van der Waals surface area (Å²) < 4.78 is 40.4. The molecule has 0 aromatic heterocycles. The third-order valence-electron chi connectivity index (χ3n) is 1.65. The fraction of sp³-hybridized carbons (Fsp3) is 0.857. The van der Waals surface area contributed by atoms with Gasteiger partial charge in [0.1, 0.15) is 0 Å². The fourth-order valence-electron chi connectivity index (χ4n) is 1.04. The molecular formula is C7H10F3NO3. The number of alkyl halides is 3. The molecule has 0 aromatic carbocycles. The molecule has 0 amide bonds. The minimum absolute atomic E-state index is 0.155. The summed E-state index contributed by atoms with van der Waals surface area (Å²) in [6, 6.07) is 0. The minimum atomic E-state index is -4.94. The Morgan fingerprint density at radius 3 is 2.71 bits per heavy atom. The van der Waals surface area contributed by atoms with Crippen molar-refractivity contribution in [1.29, 1.82) is 0 Å². The van der Waals surface area contributed by atoms with Gasteiger partial charge in [-0.2, -0.15) is 13.2 Å². The molecular weight excluding hydrogens is 203 g/mol. The van der Waals surface area contributed by atoms with Crippen molar-refractivity contribution in [3.8, 4) is 0 Å². The molecule has 1 aliphatic rings. The molecule has 1 saturated heterocycles. The first kappa shape index (κ1) is 11.3. The maximum atomic E-state index is 11.8. The molecule has 0 aromatic rings. The third kappa shape index (κ3) is 3.15. The monoisotopic (exact) mass is 213 g/mol. The van der Waals surface area contributed by atoms with Gasteiger partial charge in [0.25, 0.3) is 0 Å². The highest BCUT2D eigenvalue weighted by molar-refractivity contribution is 5.75. The minimum Gasteiger partial charge on any atom is -0.376 e. The molecule has 0 saturated carbocycles. The van der Waals surface area contributed by atoms with Crippen LogP contribution in [0.2, 0.25) is 0 Å². The Balaban J connectivity index is 2.40. The highest BCUT2D eigenvalue weighted by atomic mass is 19.4. The van der Waals surface area contributed by atoms with Gasteiger partial charge in [-0.25, -0.2) is 4.79 Å². The lowest BCUT2D eigenvalue weighted by molar-refractivity contribution is -0.252. The first-order valence-electron chi connectivity index (χ1n) is 4.05. The van der Waals surface area contributed by atoms with Crippen molar-refractivity contribution in [1.82, 2.24) is 5.06 Å². The highest BCUT2D eigenvalue weighted by Gasteiger charge is 2.42. The van der Waals surface area contributed by atoms with Gasteiger partial charge in [0, 0.05) is 0 Å². The van der Waals surface area contributed by atoms with Crippen LogP contribution >= 0.6 is 0 Å². The third-order valence-corrected chi connectivity index (χ3v) is 1.65. The van der Waals surface area contributed by atoms with E-state index in [1.807, 2.05) is 0 Å². The molecule has 1 rings (SSSR count). The van der Waals surface area contributed by atoms with Crippen LogP contribution in [0, 0.1) is 0 Å². The number of hydroxylamine groups is 2. The molecule has 14 heavy (non-hydrogen) atoms. The standard InChI is InChI=1S/C7H10F3NO3/c1-5-4-11(2-3-13-5)14-6(12)7(8,9)10/h5H,2-4H2,1H3. The van der Waals surface area contributed by atoms with Crippen molar-refractivity contribution >= 4 is 5.97 Å². The van der Waals surface area contributed by atoms with Gasteiger partial charge in [-0.05, 0) is 6.92 Å². The van der Waals surface area contributed by atoms with Gasteiger partial charge in [0.05, 0.1) is 25.8 Å². The zero-order valence-corrected chi connectivity index (χ0v) is 7.50. The second kappa shape index (κ2) is 4.14. The van der Waals surface area contributed by atoms with Gasteiger partial charge in [0.2, 0.25) is 0 Å². The molecule has 1 fully saturated rings. The molecule has 1 aliphatic heterocycles. The number of halogens is 3. The maximum Gasteiger partial charge on any atom is 0.492 e. The van der Waals surface area contributed by atoms with Gasteiger partial charge in [-0.1, -0.05) is 0 Å². The molecule has 0 bridgehead atoms. The molecule has 1 heterocycles. The summed E-state index contributed by atoms with van der Waals surface area (Å²) in [6.07, 6.45) is -5.17. The SMILES string of the molecule is CC1CN(OC(=O)C(F)(F)F)CCO1. The number of carbonyl (C=O) groups is 1. The smallest absolute Gasteiger partial charge is 0.376 e. The largest absolute Gasteiger partial charge is 0.492 e. The van der Waals surface area contributed by atoms with E-state index in [0.717, 1.165) is 5.06 Å². The van der Waals surface area contributed by atoms with E-state index in [4.69, 9.17) is 4.74 Å². The van der Waals surface area contributed by atoms with E-state index >= 15 is 0 Å². The predicted molar refractivity (Wildman–Crippen MR) is 39.1 cm³/mol. The summed E-state index contributed by atoms with van der Waals surface area (Å²) in [4.78, 5) is 14.5. The van der Waals surface area contributed by atoms with Gasteiger partial charge in [-0.3, -0.25) is 0 Å². The lowest BCUT2D eigenvalue weighted by Gasteiger charge is -2.29. The maximum absolute atomic E-state index is 11.8. The quantitative estimate of drug-likeness (QED) is 0.643. The van der Waals surface area contributed by atoms with Crippen molar-refractivity contribution < 1.29 is 27.5 Å². The fourth-order valence-corrected chi connectivity index (χ4v) is 1.04. The van der Waals surface area contributed by atoms with Crippen molar-refractivity contribution in [2.45, 2.75) is 19.2 Å². The number of hydrogen-bond acceptors (Lipinski definition) is 4. The van der Waals surface area contributed by atoms with Crippen LogP contribution in [0.3, 0.4) is 0 Å². The molecule has 0 radical (unpaired) electrons. The summed E-state index contributed by atoms with van der Waals surface area (Å²) in [6.45, 7) is 2.26. The van der Waals surface area contributed by atoms with E-state index in [1.165, 1.54) is 0 Å². The Labute approximate surface area is 78.5 Å². The lowest BCUT2D eigenvalue weighted by atomic mass is 10.3. The Bertz CT molecular complexity index is 219. The van der Waals surface area contributed by atoms with Crippen LogP contribution in [0.1, 0.15) is 6.92 Å². The van der Waals surface area contributed by atoms with E-state index in [1.54, 1.807) is 6.92 Å². The number of ether oxygens (including phenoxy) is 1. The van der Waals surface area contributed by atoms with Crippen molar-refractivity contribution in [3.63, 3.8) is 0 Å². The van der Waals surface area contributed by atoms with E-state index in [2.05, 4.69) is 4.84 Å². The molecule has 82 valence electrons. The summed E-state index contributed by atoms with van der Waals surface area (Å²) >= 11 is 0. The Morgan fingerprint density at radius 2 is 2.21 bits per heavy atom. The van der Waals surface area contributed by atoms with Crippen LogP contribution in [-0.4, -0.2) is 43.0 Å². The zero-order valence-electron chi connectivity index (χ0n) is 7.50. The number of morpholine rings is 1. The van der Waals surface area contributed by atoms with Crippen molar-refractivity contribution in [2.24, 2.45) is 0 Å². The summed E-state index contributed by atoms with van der Waals surface area (Å²) in [5.41, 5.74) is 0. The van der Waals surface area contributed by atoms with Crippen LogP contribution in [0.5, 0.6) is 0 Å². The van der Waals surface area contributed by atoms with Crippen molar-refractivity contribution in [2.75, 3.05) is 19.7 Å². The number of nitrogens with zero attached hydrogens (tertiary/aromatic N) is 1. The van der Waals surface area contributed by atoms with Crippen LogP contribution < -0.4 is 0 Å². The second-order valence-corrected chi connectivity index (χ2v) is 2.95. The summed E-state index contributed by atoms with van der Waals surface area (Å²) in [7, 11) is 0. The summed E-state index contributed by atoms with van der Waals surface area (Å²) in [5, 5.41) is 0.962. The molecule has 0 aliphatic carbocycles. The lowest BCUT2D eigenvalue weighted by Crippen LogP contribution is -2.44. The van der Waals surface area contributed by atoms with E-state index in [0.29, 0.717) is 0 Å². The Kier molecular flexibility index (Phi) is 3.33.